The molecule has 7 heteroatoms. The van der Waals surface area contributed by atoms with Crippen LogP contribution in [-0.4, -0.2) is 34.1 Å². The standard InChI is InChI=1S/C17H21BN2O4/c1-11-3-2-4-14(16(11)21)9-15(18(23)24)20-17(22)13-7-5-12(10-19)6-8-13/h2-8,15,21,23-24H,9-10,19H2,1H3,(H,20,22)/t15-/m0/s1. The molecule has 0 bridgehead atoms. The van der Waals surface area contributed by atoms with Crippen molar-refractivity contribution in [3.05, 3.63) is 64.7 Å². The van der Waals surface area contributed by atoms with E-state index in [1.165, 1.54) is 0 Å². The maximum absolute atomic E-state index is 12.3. The molecule has 0 aromatic heterocycles. The van der Waals surface area contributed by atoms with Gasteiger partial charge in [0.2, 0.25) is 0 Å². The summed E-state index contributed by atoms with van der Waals surface area (Å²) in [6.07, 6.45) is 0.0950. The molecule has 0 aliphatic carbocycles. The highest BCUT2D eigenvalue weighted by atomic mass is 16.4. The lowest BCUT2D eigenvalue weighted by molar-refractivity contribution is 0.0942. The van der Waals surface area contributed by atoms with Crippen LogP contribution in [0, 0.1) is 6.92 Å². The van der Waals surface area contributed by atoms with E-state index in [1.54, 1.807) is 49.4 Å². The molecule has 6 nitrogen and oxygen atoms in total. The van der Waals surface area contributed by atoms with Crippen LogP contribution in [0.3, 0.4) is 0 Å². The van der Waals surface area contributed by atoms with Crippen molar-refractivity contribution in [3.63, 3.8) is 0 Å². The molecule has 2 aromatic rings. The van der Waals surface area contributed by atoms with Gasteiger partial charge in [0.1, 0.15) is 5.75 Å². The zero-order valence-corrected chi connectivity index (χ0v) is 13.4. The lowest BCUT2D eigenvalue weighted by atomic mass is 9.75. The second kappa shape index (κ2) is 7.96. The summed E-state index contributed by atoms with van der Waals surface area (Å²) in [7, 11) is -1.75. The summed E-state index contributed by atoms with van der Waals surface area (Å²) in [6.45, 7) is 2.13. The number of hydrogen-bond donors (Lipinski definition) is 5. The Bertz CT molecular complexity index is 704. The van der Waals surface area contributed by atoms with Crippen molar-refractivity contribution in [3.8, 4) is 5.75 Å². The Labute approximate surface area is 141 Å². The summed E-state index contributed by atoms with van der Waals surface area (Å²) in [5, 5.41) is 31.7. The zero-order valence-electron chi connectivity index (χ0n) is 13.4. The van der Waals surface area contributed by atoms with Crippen LogP contribution in [-0.2, 0) is 13.0 Å². The maximum atomic E-state index is 12.3. The van der Waals surface area contributed by atoms with E-state index in [4.69, 9.17) is 5.73 Å². The minimum absolute atomic E-state index is 0.0877. The van der Waals surface area contributed by atoms with Gasteiger partial charge in [0.15, 0.2) is 0 Å². The molecular formula is C17H21BN2O4. The molecule has 0 unspecified atom stereocenters. The number of nitrogens with one attached hydrogen (secondary N) is 1. The van der Waals surface area contributed by atoms with Gasteiger partial charge in [-0.15, -0.1) is 0 Å². The molecule has 1 atom stereocenters. The minimum atomic E-state index is -1.75. The second-order valence-electron chi connectivity index (χ2n) is 5.68. The van der Waals surface area contributed by atoms with Crippen molar-refractivity contribution in [1.29, 1.82) is 0 Å². The zero-order chi connectivity index (χ0) is 17.7. The molecule has 2 rings (SSSR count). The fourth-order valence-electron chi connectivity index (χ4n) is 2.40. The number of phenolic OH excluding ortho intramolecular Hbond substituents is 1. The number of carbonyl (C=O) groups is 1. The number of nitrogens with two attached hydrogens (primary N) is 1. The molecule has 0 fully saturated rings. The van der Waals surface area contributed by atoms with Gasteiger partial charge in [0, 0.05) is 12.1 Å². The van der Waals surface area contributed by atoms with Crippen molar-refractivity contribution in [2.45, 2.75) is 25.8 Å². The van der Waals surface area contributed by atoms with Gasteiger partial charge in [-0.05, 0) is 42.2 Å². The Morgan fingerprint density at radius 1 is 1.21 bits per heavy atom. The third-order valence-corrected chi connectivity index (χ3v) is 3.89. The molecule has 0 saturated heterocycles. The van der Waals surface area contributed by atoms with Crippen LogP contribution in [0.1, 0.15) is 27.0 Å². The third kappa shape index (κ3) is 4.35. The van der Waals surface area contributed by atoms with Crippen LogP contribution in [0.2, 0.25) is 0 Å². The number of aromatic hydroxyl groups is 1. The van der Waals surface area contributed by atoms with Crippen LogP contribution in [0.25, 0.3) is 0 Å². The highest BCUT2D eigenvalue weighted by Crippen LogP contribution is 2.23. The Hall–Kier alpha value is -2.35. The van der Waals surface area contributed by atoms with Crippen LogP contribution in [0.15, 0.2) is 42.5 Å². The van der Waals surface area contributed by atoms with Crippen molar-refractivity contribution in [2.75, 3.05) is 0 Å². The van der Waals surface area contributed by atoms with E-state index in [2.05, 4.69) is 5.32 Å². The van der Waals surface area contributed by atoms with Gasteiger partial charge in [-0.3, -0.25) is 4.79 Å². The van der Waals surface area contributed by atoms with E-state index in [-0.39, 0.29) is 12.2 Å². The highest BCUT2D eigenvalue weighted by Gasteiger charge is 2.27. The quantitative estimate of drug-likeness (QED) is 0.496. The van der Waals surface area contributed by atoms with Crippen molar-refractivity contribution in [2.24, 2.45) is 5.73 Å². The molecule has 126 valence electrons. The average molecular weight is 328 g/mol. The Morgan fingerprint density at radius 3 is 2.46 bits per heavy atom. The first kappa shape index (κ1) is 18.0. The van der Waals surface area contributed by atoms with E-state index >= 15 is 0 Å². The number of amides is 1. The lowest BCUT2D eigenvalue weighted by Gasteiger charge is -2.19. The Kier molecular flexibility index (Phi) is 5.97. The summed E-state index contributed by atoms with van der Waals surface area (Å²) in [6, 6.07) is 11.9. The van der Waals surface area contributed by atoms with Gasteiger partial charge < -0.3 is 26.2 Å². The average Bonchev–Trinajstić information content (AvgIpc) is 2.58. The topological polar surface area (TPSA) is 116 Å². The molecule has 6 N–H and O–H groups in total. The molecule has 0 aliphatic heterocycles. The van der Waals surface area contributed by atoms with E-state index in [9.17, 15) is 19.9 Å². The van der Waals surface area contributed by atoms with Crippen LogP contribution in [0.4, 0.5) is 0 Å². The summed E-state index contributed by atoms with van der Waals surface area (Å²) in [5.74, 6) is -1.28. The monoisotopic (exact) mass is 328 g/mol. The van der Waals surface area contributed by atoms with Gasteiger partial charge in [-0.25, -0.2) is 0 Å². The van der Waals surface area contributed by atoms with Gasteiger partial charge in [0.25, 0.3) is 5.91 Å². The second-order valence-corrected chi connectivity index (χ2v) is 5.68. The van der Waals surface area contributed by atoms with Crippen molar-refractivity contribution < 1.29 is 19.9 Å². The molecule has 2 aromatic carbocycles. The fraction of sp³-hybridized carbons (Fsp3) is 0.235. The molecular weight excluding hydrogens is 307 g/mol. The van der Waals surface area contributed by atoms with Crippen molar-refractivity contribution in [1.82, 2.24) is 5.32 Å². The lowest BCUT2D eigenvalue weighted by Crippen LogP contribution is -2.47. The largest absolute Gasteiger partial charge is 0.507 e. The molecule has 0 heterocycles. The molecule has 1 amide bonds. The molecule has 24 heavy (non-hydrogen) atoms. The number of carbonyl (C=O) groups excluding carboxylic acids is 1. The smallest absolute Gasteiger partial charge is 0.475 e. The predicted octanol–water partition coefficient (Wildman–Crippen LogP) is 0.512. The first-order valence-electron chi connectivity index (χ1n) is 7.66. The Balaban J connectivity index is 2.12. The minimum Gasteiger partial charge on any atom is -0.507 e. The van der Waals surface area contributed by atoms with Crippen LogP contribution < -0.4 is 11.1 Å². The number of phenols is 1. The summed E-state index contributed by atoms with van der Waals surface area (Å²) in [4.78, 5) is 12.3. The van der Waals surface area contributed by atoms with Crippen molar-refractivity contribution >= 4 is 13.0 Å². The highest BCUT2D eigenvalue weighted by molar-refractivity contribution is 6.43. The normalized spacial score (nSPS) is 11.8. The van der Waals surface area contributed by atoms with Gasteiger partial charge >= 0.3 is 7.12 Å². The Morgan fingerprint density at radius 2 is 1.88 bits per heavy atom. The number of benzene rings is 2. The number of aryl methyl sites for hydroxylation is 1. The maximum Gasteiger partial charge on any atom is 0.475 e. The molecule has 0 saturated carbocycles. The summed E-state index contributed by atoms with van der Waals surface area (Å²) in [5.41, 5.74) is 8.03. The number of para-hydroxylation sites is 1. The number of hydrogen-bond acceptors (Lipinski definition) is 5. The number of rotatable bonds is 6. The summed E-state index contributed by atoms with van der Waals surface area (Å²) >= 11 is 0. The van der Waals surface area contributed by atoms with Gasteiger partial charge in [-0.1, -0.05) is 30.3 Å². The van der Waals surface area contributed by atoms with Crippen LogP contribution in [0.5, 0.6) is 5.75 Å². The van der Waals surface area contributed by atoms with Crippen LogP contribution >= 0.6 is 0 Å². The van der Waals surface area contributed by atoms with E-state index in [0.29, 0.717) is 23.2 Å². The first-order valence-corrected chi connectivity index (χ1v) is 7.66. The van der Waals surface area contributed by atoms with E-state index in [1.807, 2.05) is 0 Å². The fourth-order valence-corrected chi connectivity index (χ4v) is 2.40. The third-order valence-electron chi connectivity index (χ3n) is 3.89. The predicted molar refractivity (Wildman–Crippen MR) is 92.3 cm³/mol. The molecule has 0 radical (unpaired) electrons. The molecule has 0 aliphatic rings. The molecule has 0 spiro atoms. The SMILES string of the molecule is Cc1cccc(C[C@H](NC(=O)c2ccc(CN)cc2)B(O)O)c1O. The van der Waals surface area contributed by atoms with E-state index in [0.717, 1.165) is 5.56 Å². The summed E-state index contributed by atoms with van der Waals surface area (Å²) < 4.78 is 0. The van der Waals surface area contributed by atoms with E-state index < -0.39 is 19.0 Å². The van der Waals surface area contributed by atoms with Gasteiger partial charge in [-0.2, -0.15) is 0 Å². The first-order chi connectivity index (χ1) is 11.4. The van der Waals surface area contributed by atoms with Gasteiger partial charge in [0.05, 0.1) is 5.94 Å².